The van der Waals surface area contributed by atoms with Crippen LogP contribution in [0.25, 0.3) is 0 Å². The Bertz CT molecular complexity index is 355. The van der Waals surface area contributed by atoms with E-state index in [4.69, 9.17) is 0 Å². The molecule has 1 aromatic rings. The molecule has 0 bridgehead atoms. The molecule has 0 heterocycles. The first-order valence-corrected chi connectivity index (χ1v) is 7.01. The van der Waals surface area contributed by atoms with Crippen molar-refractivity contribution in [2.45, 2.75) is 13.8 Å². The van der Waals surface area contributed by atoms with Crippen LogP contribution in [0.5, 0.6) is 0 Å². The number of amides is 2. The summed E-state index contributed by atoms with van der Waals surface area (Å²) in [6, 6.07) is 8.98. The second-order valence-corrected chi connectivity index (χ2v) is 4.02. The predicted octanol–water partition coefficient (Wildman–Crippen LogP) is 1.88. The highest BCUT2D eigenvalue weighted by atomic mass is 32.2. The first-order valence-electron chi connectivity index (χ1n) is 5.85. The van der Waals surface area contributed by atoms with Gasteiger partial charge < -0.3 is 10.6 Å². The van der Waals surface area contributed by atoms with Gasteiger partial charge in [-0.1, -0.05) is 32.0 Å². The van der Waals surface area contributed by atoms with Gasteiger partial charge in [-0.3, -0.25) is 9.59 Å². The average Bonchev–Trinajstić information content (AvgIpc) is 2.46. The number of rotatable bonds is 5. The Kier molecular flexibility index (Phi) is 9.77. The summed E-state index contributed by atoms with van der Waals surface area (Å²) in [5.41, 5.74) is 0.628. The maximum absolute atomic E-state index is 11.5. The molecular weight excluding hydrogens is 248 g/mol. The monoisotopic (exact) mass is 268 g/mol. The minimum atomic E-state index is -0.120. The van der Waals surface area contributed by atoms with Crippen molar-refractivity contribution in [3.63, 3.8) is 0 Å². The van der Waals surface area contributed by atoms with Crippen molar-refractivity contribution in [3.05, 3.63) is 35.9 Å². The highest BCUT2D eigenvalue weighted by molar-refractivity contribution is 7.99. The third-order valence-corrected chi connectivity index (χ3v) is 2.70. The van der Waals surface area contributed by atoms with Crippen molar-refractivity contribution in [1.29, 1.82) is 0 Å². The van der Waals surface area contributed by atoms with Gasteiger partial charge in [0.15, 0.2) is 0 Å². The van der Waals surface area contributed by atoms with Gasteiger partial charge >= 0.3 is 0 Å². The minimum absolute atomic E-state index is 0.0426. The number of hydrogen-bond donors (Lipinski definition) is 2. The largest absolute Gasteiger partial charge is 0.358 e. The van der Waals surface area contributed by atoms with Crippen molar-refractivity contribution >= 4 is 23.6 Å². The molecular formula is C13H20N2O2S. The molecule has 0 spiro atoms. The van der Waals surface area contributed by atoms with Gasteiger partial charge in [-0.2, -0.15) is 0 Å². The summed E-state index contributed by atoms with van der Waals surface area (Å²) in [6.45, 7) is 4.00. The Hall–Kier alpha value is -1.49. The third kappa shape index (κ3) is 6.96. The third-order valence-electron chi connectivity index (χ3n) is 1.88. The standard InChI is InChI=1S/C11H14N2O2S.C2H6/c1-12-10(14)7-16-8-13-11(15)9-5-3-2-4-6-9;1-2/h2-6H,7-8H2,1H3,(H,12,14)(H,13,15);1-2H3. The molecule has 0 unspecified atom stereocenters. The Balaban J connectivity index is 0.00000137. The zero-order chi connectivity index (χ0) is 13.8. The molecule has 0 aliphatic rings. The fraction of sp³-hybridized carbons (Fsp3) is 0.385. The maximum atomic E-state index is 11.5. The van der Waals surface area contributed by atoms with Crippen LogP contribution in [-0.2, 0) is 4.79 Å². The molecule has 5 heteroatoms. The summed E-state index contributed by atoms with van der Waals surface area (Å²) >= 11 is 1.36. The zero-order valence-electron chi connectivity index (χ0n) is 11.0. The van der Waals surface area contributed by atoms with Crippen LogP contribution in [0.1, 0.15) is 24.2 Å². The van der Waals surface area contributed by atoms with E-state index in [9.17, 15) is 9.59 Å². The second kappa shape index (κ2) is 10.7. The van der Waals surface area contributed by atoms with Gasteiger partial charge in [-0.25, -0.2) is 0 Å². The molecule has 100 valence electrons. The zero-order valence-corrected chi connectivity index (χ0v) is 11.8. The summed E-state index contributed by atoms with van der Waals surface area (Å²) < 4.78 is 0. The molecule has 0 aromatic heterocycles. The van der Waals surface area contributed by atoms with Crippen molar-refractivity contribution in [1.82, 2.24) is 10.6 Å². The number of carbonyl (C=O) groups is 2. The molecule has 1 rings (SSSR count). The van der Waals surface area contributed by atoms with Gasteiger partial charge in [-0.15, -0.1) is 11.8 Å². The van der Waals surface area contributed by atoms with E-state index in [1.165, 1.54) is 11.8 Å². The summed E-state index contributed by atoms with van der Waals surface area (Å²) in [5.74, 6) is 0.621. The summed E-state index contributed by atoms with van der Waals surface area (Å²) in [5, 5.41) is 5.23. The van der Waals surface area contributed by atoms with E-state index in [0.29, 0.717) is 17.2 Å². The second-order valence-electron chi connectivity index (χ2n) is 3.04. The first-order chi connectivity index (χ1) is 8.74. The maximum Gasteiger partial charge on any atom is 0.251 e. The Morgan fingerprint density at radius 2 is 1.78 bits per heavy atom. The van der Waals surface area contributed by atoms with Crippen molar-refractivity contribution in [3.8, 4) is 0 Å². The molecule has 1 aromatic carbocycles. The Morgan fingerprint density at radius 1 is 1.17 bits per heavy atom. The molecule has 0 saturated carbocycles. The summed E-state index contributed by atoms with van der Waals surface area (Å²) in [7, 11) is 1.59. The fourth-order valence-electron chi connectivity index (χ4n) is 1.02. The van der Waals surface area contributed by atoms with Crippen LogP contribution in [0.3, 0.4) is 0 Å². The van der Waals surface area contributed by atoms with Crippen molar-refractivity contribution in [2.24, 2.45) is 0 Å². The van der Waals surface area contributed by atoms with Crippen molar-refractivity contribution < 1.29 is 9.59 Å². The van der Waals surface area contributed by atoms with Gasteiger partial charge in [0.25, 0.3) is 5.91 Å². The number of nitrogens with one attached hydrogen (secondary N) is 2. The van der Waals surface area contributed by atoms with Gasteiger partial charge in [0.2, 0.25) is 5.91 Å². The van der Waals surface area contributed by atoms with Gasteiger partial charge in [0.05, 0.1) is 11.6 Å². The van der Waals surface area contributed by atoms with Crippen LogP contribution in [0, 0.1) is 0 Å². The van der Waals surface area contributed by atoms with E-state index in [1.807, 2.05) is 32.0 Å². The fourth-order valence-corrected chi connectivity index (χ4v) is 1.69. The highest BCUT2D eigenvalue weighted by Crippen LogP contribution is 2.00. The van der Waals surface area contributed by atoms with Gasteiger partial charge in [-0.05, 0) is 12.1 Å². The molecule has 0 atom stereocenters. The van der Waals surface area contributed by atoms with E-state index >= 15 is 0 Å². The van der Waals surface area contributed by atoms with E-state index in [0.717, 1.165) is 0 Å². The van der Waals surface area contributed by atoms with E-state index in [2.05, 4.69) is 10.6 Å². The lowest BCUT2D eigenvalue weighted by Crippen LogP contribution is -2.25. The molecule has 4 nitrogen and oxygen atoms in total. The number of benzene rings is 1. The van der Waals surface area contributed by atoms with Crippen LogP contribution >= 0.6 is 11.8 Å². The summed E-state index contributed by atoms with van der Waals surface area (Å²) in [4.78, 5) is 22.4. The average molecular weight is 268 g/mol. The van der Waals surface area contributed by atoms with Crippen LogP contribution in [0.15, 0.2) is 30.3 Å². The first kappa shape index (κ1) is 16.5. The normalized spacial score (nSPS) is 8.83. The molecule has 0 aliphatic carbocycles. The topological polar surface area (TPSA) is 58.2 Å². The molecule has 2 amide bonds. The predicted molar refractivity (Wildman–Crippen MR) is 76.6 cm³/mol. The van der Waals surface area contributed by atoms with Crippen LogP contribution in [0.4, 0.5) is 0 Å². The molecule has 0 radical (unpaired) electrons. The van der Waals surface area contributed by atoms with Crippen LogP contribution in [-0.4, -0.2) is 30.5 Å². The highest BCUT2D eigenvalue weighted by Gasteiger charge is 2.03. The molecule has 18 heavy (non-hydrogen) atoms. The van der Waals surface area contributed by atoms with E-state index in [1.54, 1.807) is 19.2 Å². The van der Waals surface area contributed by atoms with Gasteiger partial charge in [0.1, 0.15) is 0 Å². The number of carbonyl (C=O) groups excluding carboxylic acids is 2. The molecule has 0 fully saturated rings. The van der Waals surface area contributed by atoms with Gasteiger partial charge in [0, 0.05) is 12.6 Å². The Labute approximate surface area is 113 Å². The summed E-state index contributed by atoms with van der Waals surface area (Å²) in [6.07, 6.45) is 0. The lowest BCUT2D eigenvalue weighted by molar-refractivity contribution is -0.118. The smallest absolute Gasteiger partial charge is 0.251 e. The van der Waals surface area contributed by atoms with Crippen LogP contribution in [0.2, 0.25) is 0 Å². The quantitative estimate of drug-likeness (QED) is 0.633. The SMILES string of the molecule is CC.CNC(=O)CSCNC(=O)c1ccccc1. The lowest BCUT2D eigenvalue weighted by Gasteiger charge is -2.04. The number of thioether (sulfide) groups is 1. The minimum Gasteiger partial charge on any atom is -0.358 e. The van der Waals surface area contributed by atoms with E-state index < -0.39 is 0 Å². The molecule has 2 N–H and O–H groups in total. The van der Waals surface area contributed by atoms with Crippen molar-refractivity contribution in [2.75, 3.05) is 18.7 Å². The molecule has 0 saturated heterocycles. The number of hydrogen-bond acceptors (Lipinski definition) is 3. The van der Waals surface area contributed by atoms with E-state index in [-0.39, 0.29) is 11.8 Å². The van der Waals surface area contributed by atoms with Crippen LogP contribution < -0.4 is 10.6 Å². The lowest BCUT2D eigenvalue weighted by atomic mass is 10.2. The Morgan fingerprint density at radius 3 is 2.33 bits per heavy atom. The molecule has 0 aliphatic heterocycles.